The molecular formula is C23H28N4O3. The normalized spacial score (nSPS) is 13.2. The number of carbonyl (C=O) groups is 2. The van der Waals surface area contributed by atoms with Gasteiger partial charge in [-0.3, -0.25) is 9.59 Å². The van der Waals surface area contributed by atoms with Crippen molar-refractivity contribution in [2.24, 2.45) is 11.7 Å². The molecule has 0 fully saturated rings. The topological polar surface area (TPSA) is 99.2 Å². The molecule has 158 valence electrons. The summed E-state index contributed by atoms with van der Waals surface area (Å²) in [4.78, 5) is 29.7. The molecule has 3 rings (SSSR count). The van der Waals surface area contributed by atoms with Crippen LogP contribution in [0.15, 0.2) is 54.6 Å². The number of aromatic nitrogens is 2. The predicted octanol–water partition coefficient (Wildman–Crippen LogP) is 3.02. The van der Waals surface area contributed by atoms with Crippen molar-refractivity contribution in [1.82, 2.24) is 14.9 Å². The van der Waals surface area contributed by atoms with Crippen LogP contribution in [0.4, 0.5) is 0 Å². The Bertz CT molecular complexity index is 1030. The maximum Gasteiger partial charge on any atom is 0.243 e. The van der Waals surface area contributed by atoms with E-state index in [-0.39, 0.29) is 25.0 Å². The van der Waals surface area contributed by atoms with Gasteiger partial charge in [0.05, 0.1) is 11.0 Å². The Kier molecular flexibility index (Phi) is 6.40. The zero-order valence-corrected chi connectivity index (χ0v) is 17.6. The number of ether oxygens (including phenoxy) is 1. The molecule has 7 nitrogen and oxygen atoms in total. The van der Waals surface area contributed by atoms with Crippen molar-refractivity contribution in [2.75, 3.05) is 0 Å². The molecule has 0 bridgehead atoms. The Labute approximate surface area is 176 Å². The van der Waals surface area contributed by atoms with E-state index in [1.165, 1.54) is 0 Å². The first-order valence-corrected chi connectivity index (χ1v) is 10.1. The number of carbonyl (C=O) groups excluding carboxylic acids is 2. The number of nitrogens with one attached hydrogen (secondary N) is 1. The fraction of sp³-hybridized carbons (Fsp3) is 0.348. The van der Waals surface area contributed by atoms with Crippen molar-refractivity contribution in [3.8, 4) is 5.75 Å². The lowest BCUT2D eigenvalue weighted by atomic mass is 9.83. The molecule has 0 aliphatic heterocycles. The molecule has 7 heteroatoms. The summed E-state index contributed by atoms with van der Waals surface area (Å²) >= 11 is 0. The van der Waals surface area contributed by atoms with Crippen molar-refractivity contribution in [3.63, 3.8) is 0 Å². The number of amides is 2. The molecule has 0 aliphatic carbocycles. The lowest BCUT2D eigenvalue weighted by Gasteiger charge is -2.34. The fourth-order valence-electron chi connectivity index (χ4n) is 3.67. The number of nitrogens with zero attached hydrogens (tertiary/aromatic N) is 2. The van der Waals surface area contributed by atoms with Gasteiger partial charge in [-0.1, -0.05) is 51.1 Å². The molecule has 1 atom stereocenters. The maximum absolute atomic E-state index is 13.0. The number of rotatable bonds is 9. The number of benzene rings is 2. The van der Waals surface area contributed by atoms with Gasteiger partial charge >= 0.3 is 0 Å². The third-order valence-corrected chi connectivity index (χ3v) is 5.49. The lowest BCUT2D eigenvalue weighted by molar-refractivity contribution is -0.134. The Morgan fingerprint density at radius 2 is 1.80 bits per heavy atom. The van der Waals surface area contributed by atoms with Gasteiger partial charge in [0.25, 0.3) is 0 Å². The van der Waals surface area contributed by atoms with E-state index >= 15 is 0 Å². The smallest absolute Gasteiger partial charge is 0.243 e. The van der Waals surface area contributed by atoms with Gasteiger partial charge in [0.2, 0.25) is 11.8 Å². The molecule has 3 aromatic rings. The minimum atomic E-state index is -1.09. The number of hydrogen-bond acceptors (Lipinski definition) is 4. The van der Waals surface area contributed by atoms with Crippen molar-refractivity contribution < 1.29 is 14.3 Å². The number of nitrogens with two attached hydrogens (primary N) is 1. The van der Waals surface area contributed by atoms with Crippen LogP contribution >= 0.6 is 0 Å². The quantitative estimate of drug-likeness (QED) is 0.568. The highest BCUT2D eigenvalue weighted by molar-refractivity contribution is 5.91. The third-order valence-electron chi connectivity index (χ3n) is 5.49. The van der Waals surface area contributed by atoms with Crippen molar-refractivity contribution in [3.05, 3.63) is 60.4 Å². The number of hydrogen-bond donors (Lipinski definition) is 2. The summed E-state index contributed by atoms with van der Waals surface area (Å²) in [5, 5.41) is 2.88. The number of primary amides is 1. The Morgan fingerprint density at radius 1 is 1.13 bits per heavy atom. The summed E-state index contributed by atoms with van der Waals surface area (Å²) in [5.41, 5.74) is 6.15. The molecule has 1 heterocycles. The summed E-state index contributed by atoms with van der Waals surface area (Å²) in [6.45, 7) is 5.82. The van der Waals surface area contributed by atoms with Gasteiger partial charge in [-0.25, -0.2) is 4.98 Å². The van der Waals surface area contributed by atoms with Crippen LogP contribution in [0.2, 0.25) is 0 Å². The zero-order chi connectivity index (χ0) is 21.7. The minimum absolute atomic E-state index is 0.00967. The highest BCUT2D eigenvalue weighted by atomic mass is 16.5. The van der Waals surface area contributed by atoms with E-state index in [1.54, 1.807) is 0 Å². The molecule has 0 saturated heterocycles. The Morgan fingerprint density at radius 3 is 2.43 bits per heavy atom. The molecule has 30 heavy (non-hydrogen) atoms. The fourth-order valence-corrected chi connectivity index (χ4v) is 3.67. The van der Waals surface area contributed by atoms with Crippen LogP contribution in [0.25, 0.3) is 11.0 Å². The van der Waals surface area contributed by atoms with Crippen LogP contribution in [0.5, 0.6) is 5.75 Å². The summed E-state index contributed by atoms with van der Waals surface area (Å²) in [7, 11) is 0. The number of fused-ring (bicyclic) bond motifs is 1. The first-order chi connectivity index (χ1) is 14.4. The molecule has 2 aromatic carbocycles. The maximum atomic E-state index is 13.0. The molecule has 2 amide bonds. The second-order valence-electron chi connectivity index (χ2n) is 7.60. The number of para-hydroxylation sites is 3. The Hall–Kier alpha value is -3.35. The first-order valence-electron chi connectivity index (χ1n) is 10.1. The van der Waals surface area contributed by atoms with Crippen molar-refractivity contribution in [2.45, 2.75) is 45.9 Å². The SMILES string of the molecule is CC[C@@](NC(=O)Cn1c(COc2ccccc2)nc2ccccc21)(C(N)=O)C(C)C. The molecule has 0 spiro atoms. The molecule has 0 unspecified atom stereocenters. The van der Waals surface area contributed by atoms with E-state index in [0.29, 0.717) is 12.2 Å². The number of imidazole rings is 1. The van der Waals surface area contributed by atoms with Crippen LogP contribution in [0.3, 0.4) is 0 Å². The van der Waals surface area contributed by atoms with Crippen LogP contribution < -0.4 is 15.8 Å². The molecular weight excluding hydrogens is 380 g/mol. The molecule has 3 N–H and O–H groups in total. The Balaban J connectivity index is 1.87. The van der Waals surface area contributed by atoms with Crippen LogP contribution in [-0.4, -0.2) is 26.9 Å². The average Bonchev–Trinajstić information content (AvgIpc) is 3.08. The second-order valence-corrected chi connectivity index (χ2v) is 7.60. The highest BCUT2D eigenvalue weighted by Crippen LogP contribution is 2.22. The van der Waals surface area contributed by atoms with Crippen LogP contribution in [-0.2, 0) is 22.7 Å². The largest absolute Gasteiger partial charge is 0.486 e. The van der Waals surface area contributed by atoms with Gasteiger partial charge in [0, 0.05) is 0 Å². The van der Waals surface area contributed by atoms with Crippen molar-refractivity contribution >= 4 is 22.8 Å². The molecule has 0 aliphatic rings. The summed E-state index contributed by atoms with van der Waals surface area (Å²) in [5.74, 6) is 0.384. The standard InChI is InChI=1S/C23H28N4O3/c1-4-23(16(2)3,22(24)29)26-21(28)14-27-19-13-9-8-12-18(19)25-20(27)15-30-17-10-6-5-7-11-17/h5-13,16H,4,14-15H2,1-3H3,(H2,24,29)(H,26,28)/t23-/m0/s1. The third kappa shape index (κ3) is 4.30. The minimum Gasteiger partial charge on any atom is -0.486 e. The van der Waals surface area contributed by atoms with Gasteiger partial charge in [0.1, 0.15) is 30.3 Å². The van der Waals surface area contributed by atoms with E-state index in [9.17, 15) is 9.59 Å². The summed E-state index contributed by atoms with van der Waals surface area (Å²) in [6.07, 6.45) is 0.417. The van der Waals surface area contributed by atoms with Crippen LogP contribution in [0, 0.1) is 5.92 Å². The van der Waals surface area contributed by atoms with E-state index < -0.39 is 11.4 Å². The van der Waals surface area contributed by atoms with E-state index in [0.717, 1.165) is 16.8 Å². The second kappa shape index (κ2) is 8.98. The summed E-state index contributed by atoms with van der Waals surface area (Å²) in [6, 6.07) is 17.0. The van der Waals surface area contributed by atoms with E-state index in [1.807, 2.05) is 79.9 Å². The van der Waals surface area contributed by atoms with Gasteiger partial charge in [0.15, 0.2) is 0 Å². The van der Waals surface area contributed by atoms with Gasteiger partial charge < -0.3 is 20.4 Å². The van der Waals surface area contributed by atoms with Gasteiger partial charge in [-0.05, 0) is 36.6 Å². The summed E-state index contributed by atoms with van der Waals surface area (Å²) < 4.78 is 7.67. The van der Waals surface area contributed by atoms with Gasteiger partial charge in [-0.15, -0.1) is 0 Å². The highest BCUT2D eigenvalue weighted by Gasteiger charge is 2.39. The van der Waals surface area contributed by atoms with Crippen molar-refractivity contribution in [1.29, 1.82) is 0 Å². The monoisotopic (exact) mass is 408 g/mol. The lowest BCUT2D eigenvalue weighted by Crippen LogP contribution is -2.61. The molecule has 0 saturated carbocycles. The zero-order valence-electron chi connectivity index (χ0n) is 17.6. The van der Waals surface area contributed by atoms with E-state index in [4.69, 9.17) is 10.5 Å². The average molecular weight is 409 g/mol. The first kappa shape index (κ1) is 21.4. The van der Waals surface area contributed by atoms with Crippen LogP contribution in [0.1, 0.15) is 33.0 Å². The van der Waals surface area contributed by atoms with E-state index in [2.05, 4.69) is 10.3 Å². The van der Waals surface area contributed by atoms with Gasteiger partial charge in [-0.2, -0.15) is 0 Å². The predicted molar refractivity (Wildman–Crippen MR) is 116 cm³/mol. The molecule has 0 radical (unpaired) electrons. The molecule has 1 aromatic heterocycles.